The summed E-state index contributed by atoms with van der Waals surface area (Å²) in [7, 11) is 0. The number of hydrogen-bond donors (Lipinski definition) is 0. The van der Waals surface area contributed by atoms with Crippen LogP contribution in [0.15, 0.2) is 53.4 Å². The van der Waals surface area contributed by atoms with Crippen molar-refractivity contribution >= 4 is 35.2 Å². The molecule has 0 atom stereocenters. The van der Waals surface area contributed by atoms with Crippen LogP contribution in [0.3, 0.4) is 0 Å². The van der Waals surface area contributed by atoms with E-state index in [0.29, 0.717) is 17.7 Å². The summed E-state index contributed by atoms with van der Waals surface area (Å²) < 4.78 is 0. The normalized spacial score (nSPS) is 13.6. The first-order valence-electron chi connectivity index (χ1n) is 7.01. The summed E-state index contributed by atoms with van der Waals surface area (Å²) >= 11 is 7.73. The minimum absolute atomic E-state index is 0.191. The van der Waals surface area contributed by atoms with Crippen LogP contribution >= 0.6 is 23.4 Å². The van der Waals surface area contributed by atoms with Crippen molar-refractivity contribution in [2.75, 3.05) is 12.3 Å². The standard InChI is InChI=1S/C17H14ClNO2S/c18-14-8-3-4-9-15(14)22-11-5-10-19-16(20)12-6-1-2-7-13(12)17(19)21/h1-4,6-9H,5,10-11H2. The Labute approximate surface area is 138 Å². The molecule has 0 aliphatic carbocycles. The summed E-state index contributed by atoms with van der Waals surface area (Å²) in [4.78, 5) is 26.8. The summed E-state index contributed by atoms with van der Waals surface area (Å²) in [5.74, 6) is 0.420. The highest BCUT2D eigenvalue weighted by molar-refractivity contribution is 7.99. The molecule has 0 unspecified atom stereocenters. The molecule has 22 heavy (non-hydrogen) atoms. The molecule has 0 aromatic heterocycles. The number of hydrogen-bond acceptors (Lipinski definition) is 3. The van der Waals surface area contributed by atoms with Crippen molar-refractivity contribution < 1.29 is 9.59 Å². The fourth-order valence-corrected chi connectivity index (χ4v) is 3.58. The lowest BCUT2D eigenvalue weighted by atomic mass is 10.1. The molecule has 0 radical (unpaired) electrons. The van der Waals surface area contributed by atoms with Crippen molar-refractivity contribution in [2.45, 2.75) is 11.3 Å². The number of nitrogens with zero attached hydrogens (tertiary/aromatic N) is 1. The van der Waals surface area contributed by atoms with E-state index in [1.54, 1.807) is 36.0 Å². The zero-order chi connectivity index (χ0) is 15.5. The molecule has 1 heterocycles. The first-order chi connectivity index (χ1) is 10.7. The second-order valence-electron chi connectivity index (χ2n) is 4.94. The summed E-state index contributed by atoms with van der Waals surface area (Å²) in [6.45, 7) is 0.434. The zero-order valence-corrected chi connectivity index (χ0v) is 13.4. The van der Waals surface area contributed by atoms with Crippen molar-refractivity contribution in [1.82, 2.24) is 4.90 Å². The molecule has 0 saturated heterocycles. The molecule has 2 aromatic carbocycles. The van der Waals surface area contributed by atoms with Gasteiger partial charge in [-0.3, -0.25) is 14.5 Å². The molecule has 0 spiro atoms. The molecule has 0 fully saturated rings. The van der Waals surface area contributed by atoms with Gasteiger partial charge in [0.25, 0.3) is 11.8 Å². The predicted molar refractivity (Wildman–Crippen MR) is 88.6 cm³/mol. The van der Waals surface area contributed by atoms with Crippen LogP contribution in [0.4, 0.5) is 0 Å². The van der Waals surface area contributed by atoms with Gasteiger partial charge in [-0.05, 0) is 36.4 Å². The molecule has 1 aliphatic heterocycles. The van der Waals surface area contributed by atoms with E-state index >= 15 is 0 Å². The molecule has 0 N–H and O–H groups in total. The number of fused-ring (bicyclic) bond motifs is 1. The van der Waals surface area contributed by atoms with Gasteiger partial charge >= 0.3 is 0 Å². The summed E-state index contributed by atoms with van der Waals surface area (Å²) in [5, 5.41) is 0.730. The van der Waals surface area contributed by atoms with Gasteiger partial charge in [0.2, 0.25) is 0 Å². The van der Waals surface area contributed by atoms with Gasteiger partial charge in [-0.1, -0.05) is 35.9 Å². The first kappa shape index (κ1) is 15.1. The number of carbonyl (C=O) groups excluding carboxylic acids is 2. The van der Waals surface area contributed by atoms with Crippen LogP contribution in [-0.2, 0) is 0 Å². The highest BCUT2D eigenvalue weighted by Crippen LogP contribution is 2.28. The van der Waals surface area contributed by atoms with Gasteiger partial charge in [-0.2, -0.15) is 0 Å². The van der Waals surface area contributed by atoms with Crippen LogP contribution in [0, 0.1) is 0 Å². The van der Waals surface area contributed by atoms with Crippen molar-refractivity contribution in [3.05, 3.63) is 64.7 Å². The Morgan fingerprint density at radius 3 is 2.14 bits per heavy atom. The molecule has 1 aliphatic rings. The molecular weight excluding hydrogens is 318 g/mol. The second kappa shape index (κ2) is 6.55. The lowest BCUT2D eigenvalue weighted by molar-refractivity contribution is 0.0655. The zero-order valence-electron chi connectivity index (χ0n) is 11.8. The monoisotopic (exact) mass is 331 g/mol. The molecule has 2 aromatic rings. The number of imide groups is 1. The van der Waals surface area contributed by atoms with E-state index in [1.807, 2.05) is 24.3 Å². The molecule has 0 saturated carbocycles. The van der Waals surface area contributed by atoms with Crippen LogP contribution in [-0.4, -0.2) is 29.0 Å². The molecule has 112 valence electrons. The van der Waals surface area contributed by atoms with E-state index in [4.69, 9.17) is 11.6 Å². The van der Waals surface area contributed by atoms with E-state index in [1.165, 1.54) is 4.90 Å². The maximum absolute atomic E-state index is 12.2. The van der Waals surface area contributed by atoms with Crippen molar-refractivity contribution in [2.24, 2.45) is 0 Å². The molecule has 5 heteroatoms. The molecular formula is C17H14ClNO2S. The lowest BCUT2D eigenvalue weighted by Crippen LogP contribution is -2.30. The van der Waals surface area contributed by atoms with Gasteiger partial charge in [0.1, 0.15) is 0 Å². The Kier molecular flexibility index (Phi) is 4.50. The number of carbonyl (C=O) groups is 2. The number of benzene rings is 2. The Morgan fingerprint density at radius 2 is 1.50 bits per heavy atom. The van der Waals surface area contributed by atoms with Gasteiger partial charge < -0.3 is 0 Å². The predicted octanol–water partition coefficient (Wildman–Crippen LogP) is 4.12. The van der Waals surface area contributed by atoms with Gasteiger partial charge in [0.15, 0.2) is 0 Å². The van der Waals surface area contributed by atoms with Crippen LogP contribution < -0.4 is 0 Å². The minimum atomic E-state index is -0.191. The third-order valence-corrected chi connectivity index (χ3v) is 5.10. The number of halogens is 1. The third kappa shape index (κ3) is 2.89. The highest BCUT2D eigenvalue weighted by Gasteiger charge is 2.34. The van der Waals surface area contributed by atoms with E-state index < -0.39 is 0 Å². The summed E-state index contributed by atoms with van der Waals surface area (Å²) in [6, 6.07) is 14.6. The molecule has 3 nitrogen and oxygen atoms in total. The van der Waals surface area contributed by atoms with E-state index in [-0.39, 0.29) is 11.8 Å². The van der Waals surface area contributed by atoms with Crippen LogP contribution in [0.25, 0.3) is 0 Å². The molecule has 3 rings (SSSR count). The number of amides is 2. The first-order valence-corrected chi connectivity index (χ1v) is 8.37. The van der Waals surface area contributed by atoms with E-state index in [0.717, 1.165) is 22.1 Å². The Bertz CT molecular complexity index is 697. The van der Waals surface area contributed by atoms with Crippen LogP contribution in [0.2, 0.25) is 5.02 Å². The largest absolute Gasteiger partial charge is 0.274 e. The third-order valence-electron chi connectivity index (χ3n) is 3.50. The quantitative estimate of drug-likeness (QED) is 0.470. The number of rotatable bonds is 5. The van der Waals surface area contributed by atoms with Gasteiger partial charge in [0, 0.05) is 11.4 Å². The second-order valence-corrected chi connectivity index (χ2v) is 6.48. The Hall–Kier alpha value is -1.78. The summed E-state index contributed by atoms with van der Waals surface area (Å²) in [5.41, 5.74) is 1.01. The molecule has 2 amide bonds. The fourth-order valence-electron chi connectivity index (χ4n) is 2.41. The number of thioether (sulfide) groups is 1. The van der Waals surface area contributed by atoms with Crippen molar-refractivity contribution in [1.29, 1.82) is 0 Å². The van der Waals surface area contributed by atoms with Crippen LogP contribution in [0.5, 0.6) is 0 Å². The topological polar surface area (TPSA) is 37.4 Å². The molecule has 0 bridgehead atoms. The minimum Gasteiger partial charge on any atom is -0.274 e. The van der Waals surface area contributed by atoms with Gasteiger partial charge in [-0.15, -0.1) is 11.8 Å². The lowest BCUT2D eigenvalue weighted by Gasteiger charge is -2.13. The SMILES string of the molecule is O=C1c2ccccc2C(=O)N1CCCSc1ccccc1Cl. The maximum atomic E-state index is 12.2. The highest BCUT2D eigenvalue weighted by atomic mass is 35.5. The fraction of sp³-hybridized carbons (Fsp3) is 0.176. The Morgan fingerprint density at radius 1 is 0.909 bits per heavy atom. The summed E-state index contributed by atoms with van der Waals surface area (Å²) in [6.07, 6.45) is 0.737. The van der Waals surface area contributed by atoms with E-state index in [9.17, 15) is 9.59 Å². The van der Waals surface area contributed by atoms with Crippen molar-refractivity contribution in [3.8, 4) is 0 Å². The van der Waals surface area contributed by atoms with Gasteiger partial charge in [0.05, 0.1) is 16.1 Å². The van der Waals surface area contributed by atoms with Crippen molar-refractivity contribution in [3.63, 3.8) is 0 Å². The maximum Gasteiger partial charge on any atom is 0.261 e. The van der Waals surface area contributed by atoms with Gasteiger partial charge in [-0.25, -0.2) is 0 Å². The average molecular weight is 332 g/mol. The Balaban J connectivity index is 1.56. The average Bonchev–Trinajstić information content (AvgIpc) is 2.78. The van der Waals surface area contributed by atoms with Crippen LogP contribution in [0.1, 0.15) is 27.1 Å². The van der Waals surface area contributed by atoms with E-state index in [2.05, 4.69) is 0 Å². The smallest absolute Gasteiger partial charge is 0.261 e.